The van der Waals surface area contributed by atoms with Gasteiger partial charge in [0.05, 0.1) is 0 Å². The summed E-state index contributed by atoms with van der Waals surface area (Å²) in [5.41, 5.74) is 1.35. The number of hydrogen-bond donors (Lipinski definition) is 1. The lowest BCUT2D eigenvalue weighted by molar-refractivity contribution is 0.500. The third-order valence-corrected chi connectivity index (χ3v) is 5.23. The van der Waals surface area contributed by atoms with Crippen molar-refractivity contribution < 1.29 is 0 Å². The van der Waals surface area contributed by atoms with Gasteiger partial charge in [0.1, 0.15) is 0 Å². The highest BCUT2D eigenvalue weighted by Crippen LogP contribution is 2.26. The van der Waals surface area contributed by atoms with E-state index in [9.17, 15) is 0 Å². The summed E-state index contributed by atoms with van der Waals surface area (Å²) in [6.07, 6.45) is 2.11. The van der Waals surface area contributed by atoms with E-state index in [4.69, 9.17) is 0 Å². The van der Waals surface area contributed by atoms with Crippen molar-refractivity contribution in [3.05, 3.63) is 51.7 Å². The van der Waals surface area contributed by atoms with E-state index in [2.05, 4.69) is 68.7 Å². The molecule has 0 radical (unpaired) electrons. The van der Waals surface area contributed by atoms with E-state index in [1.165, 1.54) is 20.2 Å². The normalized spacial score (nSPS) is 14.3. The van der Waals surface area contributed by atoms with Crippen LogP contribution in [0.5, 0.6) is 0 Å². The maximum Gasteiger partial charge on any atom is 0.0391 e. The zero-order valence-corrected chi connectivity index (χ0v) is 13.6. The van der Waals surface area contributed by atoms with Crippen LogP contribution >= 0.6 is 23.1 Å². The molecule has 0 saturated heterocycles. The molecular weight excluding hydrogens is 270 g/mol. The minimum absolute atomic E-state index is 0.369. The smallest absolute Gasteiger partial charge is 0.0391 e. The zero-order valence-electron chi connectivity index (χ0n) is 11.9. The summed E-state index contributed by atoms with van der Waals surface area (Å²) in [5, 5.41) is 3.67. The highest BCUT2D eigenvalue weighted by atomic mass is 32.2. The Labute approximate surface area is 124 Å². The number of hydrogen-bond acceptors (Lipinski definition) is 3. The molecule has 1 N–H and O–H groups in total. The zero-order chi connectivity index (χ0) is 13.8. The molecule has 1 aromatic heterocycles. The average molecular weight is 291 g/mol. The van der Waals surface area contributed by atoms with Crippen molar-refractivity contribution >= 4 is 23.1 Å². The van der Waals surface area contributed by atoms with E-state index in [1.54, 1.807) is 11.8 Å². The number of nitrogens with one attached hydrogen (secondary N) is 1. The van der Waals surface area contributed by atoms with Crippen LogP contribution in [0.1, 0.15) is 41.2 Å². The van der Waals surface area contributed by atoms with E-state index in [0.717, 1.165) is 0 Å². The number of thioether (sulfide) groups is 1. The van der Waals surface area contributed by atoms with Gasteiger partial charge in [0.2, 0.25) is 0 Å². The first-order valence-corrected chi connectivity index (χ1v) is 8.60. The van der Waals surface area contributed by atoms with E-state index in [0.29, 0.717) is 12.1 Å². The van der Waals surface area contributed by atoms with Gasteiger partial charge in [-0.05, 0) is 56.9 Å². The molecule has 1 nitrogen and oxygen atoms in total. The Balaban J connectivity index is 2.01. The van der Waals surface area contributed by atoms with Crippen molar-refractivity contribution in [3.63, 3.8) is 0 Å². The van der Waals surface area contributed by atoms with Gasteiger partial charge in [-0.3, -0.25) is 0 Å². The molecule has 0 bridgehead atoms. The fourth-order valence-electron chi connectivity index (χ4n) is 2.13. The molecule has 0 fully saturated rings. The third-order valence-electron chi connectivity index (χ3n) is 3.30. The SMILES string of the molecule is CSc1ccc(C(C)NC(C)c2ccc(C)s2)cc1. The van der Waals surface area contributed by atoms with Crippen molar-refractivity contribution in [3.8, 4) is 0 Å². The second-order valence-electron chi connectivity index (χ2n) is 4.83. The van der Waals surface area contributed by atoms with Gasteiger partial charge in [0.15, 0.2) is 0 Å². The van der Waals surface area contributed by atoms with Crippen molar-refractivity contribution in [1.29, 1.82) is 0 Å². The largest absolute Gasteiger partial charge is 0.303 e. The van der Waals surface area contributed by atoms with E-state index in [-0.39, 0.29) is 0 Å². The minimum Gasteiger partial charge on any atom is -0.303 e. The fraction of sp³-hybridized carbons (Fsp3) is 0.375. The first-order valence-electron chi connectivity index (χ1n) is 6.56. The maximum atomic E-state index is 3.67. The molecule has 1 aromatic carbocycles. The standard InChI is InChI=1S/C16H21NS2/c1-11-5-10-16(19-11)13(3)17-12(2)14-6-8-15(18-4)9-7-14/h5-10,12-13,17H,1-4H3. The highest BCUT2D eigenvalue weighted by Gasteiger charge is 2.12. The van der Waals surface area contributed by atoms with Gasteiger partial charge in [0, 0.05) is 26.7 Å². The first-order chi connectivity index (χ1) is 9.10. The van der Waals surface area contributed by atoms with Gasteiger partial charge in [0.25, 0.3) is 0 Å². The first kappa shape index (κ1) is 14.6. The number of rotatable bonds is 5. The fourth-order valence-corrected chi connectivity index (χ4v) is 3.43. The third kappa shape index (κ3) is 3.85. The van der Waals surface area contributed by atoms with E-state index in [1.807, 2.05) is 11.3 Å². The second kappa shape index (κ2) is 6.60. The Morgan fingerprint density at radius 3 is 2.21 bits per heavy atom. The lowest BCUT2D eigenvalue weighted by atomic mass is 10.1. The molecule has 3 heteroatoms. The molecular formula is C16H21NS2. The Kier molecular flexibility index (Phi) is 5.08. The van der Waals surface area contributed by atoms with Crippen molar-refractivity contribution in [2.45, 2.75) is 37.8 Å². The molecule has 19 heavy (non-hydrogen) atoms. The monoisotopic (exact) mass is 291 g/mol. The molecule has 102 valence electrons. The lowest BCUT2D eigenvalue weighted by Crippen LogP contribution is -2.21. The van der Waals surface area contributed by atoms with E-state index >= 15 is 0 Å². The molecule has 1 heterocycles. The Morgan fingerprint density at radius 1 is 1.00 bits per heavy atom. The van der Waals surface area contributed by atoms with Crippen molar-refractivity contribution in [2.24, 2.45) is 0 Å². The molecule has 0 spiro atoms. The Morgan fingerprint density at radius 2 is 1.68 bits per heavy atom. The average Bonchev–Trinajstić information content (AvgIpc) is 2.85. The van der Waals surface area contributed by atoms with Gasteiger partial charge >= 0.3 is 0 Å². The van der Waals surface area contributed by atoms with Gasteiger partial charge in [-0.25, -0.2) is 0 Å². The molecule has 0 saturated carbocycles. The molecule has 0 amide bonds. The lowest BCUT2D eigenvalue weighted by Gasteiger charge is -2.19. The number of thiophene rings is 1. The van der Waals surface area contributed by atoms with Gasteiger partial charge < -0.3 is 5.32 Å². The van der Waals surface area contributed by atoms with Crippen LogP contribution in [0.4, 0.5) is 0 Å². The molecule has 0 aliphatic heterocycles. The van der Waals surface area contributed by atoms with Gasteiger partial charge in [-0.2, -0.15) is 0 Å². The van der Waals surface area contributed by atoms with Crippen LogP contribution in [0.25, 0.3) is 0 Å². The Bertz CT molecular complexity index is 516. The topological polar surface area (TPSA) is 12.0 Å². The minimum atomic E-state index is 0.369. The Hall–Kier alpha value is -0.770. The van der Waals surface area contributed by atoms with Gasteiger partial charge in [-0.15, -0.1) is 23.1 Å². The molecule has 2 rings (SSSR count). The maximum absolute atomic E-state index is 3.67. The van der Waals surface area contributed by atoms with Crippen LogP contribution in [-0.4, -0.2) is 6.26 Å². The van der Waals surface area contributed by atoms with Crippen LogP contribution in [0.2, 0.25) is 0 Å². The molecule has 2 atom stereocenters. The second-order valence-corrected chi connectivity index (χ2v) is 7.03. The van der Waals surface area contributed by atoms with E-state index < -0.39 is 0 Å². The van der Waals surface area contributed by atoms with Gasteiger partial charge in [-0.1, -0.05) is 12.1 Å². The van der Waals surface area contributed by atoms with Crippen LogP contribution in [0, 0.1) is 6.92 Å². The summed E-state index contributed by atoms with van der Waals surface area (Å²) in [6.45, 7) is 6.62. The summed E-state index contributed by atoms with van der Waals surface area (Å²) >= 11 is 3.66. The van der Waals surface area contributed by atoms with Crippen LogP contribution < -0.4 is 5.32 Å². The summed E-state index contributed by atoms with van der Waals surface area (Å²) in [6, 6.07) is 14.0. The van der Waals surface area contributed by atoms with Crippen molar-refractivity contribution in [1.82, 2.24) is 5.32 Å². The number of benzene rings is 1. The predicted octanol–water partition coefficient (Wildman–Crippen LogP) is 5.19. The summed E-state index contributed by atoms with van der Waals surface area (Å²) < 4.78 is 0. The summed E-state index contributed by atoms with van der Waals surface area (Å²) in [5.74, 6) is 0. The quantitative estimate of drug-likeness (QED) is 0.761. The summed E-state index contributed by atoms with van der Waals surface area (Å²) in [4.78, 5) is 4.10. The van der Waals surface area contributed by atoms with Crippen molar-refractivity contribution in [2.75, 3.05) is 6.26 Å². The molecule has 2 unspecified atom stereocenters. The summed E-state index contributed by atoms with van der Waals surface area (Å²) in [7, 11) is 0. The molecule has 0 aliphatic carbocycles. The van der Waals surface area contributed by atoms with Crippen LogP contribution in [-0.2, 0) is 0 Å². The predicted molar refractivity (Wildman–Crippen MR) is 87.2 cm³/mol. The highest BCUT2D eigenvalue weighted by molar-refractivity contribution is 7.98. The van der Waals surface area contributed by atoms with Crippen LogP contribution in [0.3, 0.4) is 0 Å². The molecule has 2 aromatic rings. The van der Waals surface area contributed by atoms with Crippen LogP contribution in [0.15, 0.2) is 41.3 Å². The number of aryl methyl sites for hydroxylation is 1. The molecule has 0 aliphatic rings.